The van der Waals surface area contributed by atoms with E-state index in [1.54, 1.807) is 0 Å². The molecule has 9 aromatic carbocycles. The number of rotatable bonds is 5. The monoisotopic (exact) mass is 703 g/mol. The summed E-state index contributed by atoms with van der Waals surface area (Å²) in [6.45, 7) is 4.70. The van der Waals surface area contributed by atoms with E-state index in [9.17, 15) is 0 Å². The maximum Gasteiger partial charge on any atom is 0.143 e. The van der Waals surface area contributed by atoms with E-state index in [4.69, 9.17) is 4.42 Å². The van der Waals surface area contributed by atoms with Gasteiger partial charge in [0.2, 0.25) is 0 Å². The SMILES string of the molecule is CC1(C)c2ccccc2-c2ccc(N(c3ccc4ccccc4c3)c3cc(-c4ccc(-c5ccccc5)cc4)c4c(c3)oc3c5ccccc5ccc34)cc21. The summed E-state index contributed by atoms with van der Waals surface area (Å²) in [5.74, 6) is 0. The molecule has 0 N–H and O–H groups in total. The Morgan fingerprint density at radius 2 is 1.04 bits per heavy atom. The molecule has 10 aromatic rings. The van der Waals surface area contributed by atoms with Gasteiger partial charge in [-0.2, -0.15) is 0 Å². The van der Waals surface area contributed by atoms with E-state index in [0.29, 0.717) is 0 Å². The zero-order chi connectivity index (χ0) is 36.7. The second-order valence-corrected chi connectivity index (χ2v) is 15.3. The number of fused-ring (bicyclic) bond motifs is 9. The number of benzene rings is 9. The molecule has 2 heteroatoms. The number of hydrogen-bond acceptors (Lipinski definition) is 2. The maximum absolute atomic E-state index is 6.98. The van der Waals surface area contributed by atoms with Crippen LogP contribution in [-0.2, 0) is 5.41 Å². The largest absolute Gasteiger partial charge is 0.455 e. The van der Waals surface area contributed by atoms with E-state index in [2.05, 4.69) is 207 Å². The predicted molar refractivity (Wildman–Crippen MR) is 232 cm³/mol. The Morgan fingerprint density at radius 3 is 1.89 bits per heavy atom. The predicted octanol–water partition coefficient (Wildman–Crippen LogP) is 15.0. The van der Waals surface area contributed by atoms with Crippen LogP contribution in [0.1, 0.15) is 25.0 Å². The van der Waals surface area contributed by atoms with Crippen LogP contribution in [-0.4, -0.2) is 0 Å². The van der Waals surface area contributed by atoms with Crippen LogP contribution in [0.5, 0.6) is 0 Å². The highest BCUT2D eigenvalue weighted by atomic mass is 16.3. The highest BCUT2D eigenvalue weighted by molar-refractivity contribution is 6.20. The second-order valence-electron chi connectivity index (χ2n) is 15.3. The highest BCUT2D eigenvalue weighted by Gasteiger charge is 2.36. The Kier molecular flexibility index (Phi) is 6.93. The molecule has 0 fully saturated rings. The van der Waals surface area contributed by atoms with Gasteiger partial charge in [-0.3, -0.25) is 0 Å². The van der Waals surface area contributed by atoms with E-state index in [1.807, 2.05) is 0 Å². The van der Waals surface area contributed by atoms with Gasteiger partial charge in [-0.15, -0.1) is 0 Å². The molecule has 0 spiro atoms. The fourth-order valence-electron chi connectivity index (χ4n) is 9.04. The van der Waals surface area contributed by atoms with Crippen molar-refractivity contribution >= 4 is 60.5 Å². The Morgan fingerprint density at radius 1 is 0.400 bits per heavy atom. The average molecular weight is 704 g/mol. The highest BCUT2D eigenvalue weighted by Crippen LogP contribution is 2.51. The van der Waals surface area contributed by atoms with Crippen LogP contribution < -0.4 is 4.90 Å². The first-order valence-corrected chi connectivity index (χ1v) is 19.1. The molecule has 0 radical (unpaired) electrons. The van der Waals surface area contributed by atoms with Crippen molar-refractivity contribution in [3.63, 3.8) is 0 Å². The quantitative estimate of drug-likeness (QED) is 0.177. The third-order valence-corrected chi connectivity index (χ3v) is 11.8. The van der Waals surface area contributed by atoms with Crippen molar-refractivity contribution < 1.29 is 4.42 Å². The molecule has 11 rings (SSSR count). The van der Waals surface area contributed by atoms with E-state index in [0.717, 1.165) is 55.5 Å². The summed E-state index contributed by atoms with van der Waals surface area (Å²) in [7, 11) is 0. The first kappa shape index (κ1) is 31.6. The van der Waals surface area contributed by atoms with Crippen LogP contribution in [0.3, 0.4) is 0 Å². The average Bonchev–Trinajstić information content (AvgIpc) is 3.73. The van der Waals surface area contributed by atoms with Gasteiger partial charge in [0.25, 0.3) is 0 Å². The molecule has 1 aliphatic carbocycles. The molecule has 0 saturated heterocycles. The van der Waals surface area contributed by atoms with Gasteiger partial charge in [0, 0.05) is 39.0 Å². The Hall–Kier alpha value is -6.90. The third-order valence-electron chi connectivity index (χ3n) is 11.8. The van der Waals surface area contributed by atoms with Gasteiger partial charge in [-0.05, 0) is 97.1 Å². The molecule has 0 saturated carbocycles. The smallest absolute Gasteiger partial charge is 0.143 e. The van der Waals surface area contributed by atoms with Crippen LogP contribution in [0, 0.1) is 0 Å². The Bertz CT molecular complexity index is 3110. The molecule has 0 amide bonds. The number of anilines is 3. The Balaban J connectivity index is 1.18. The van der Waals surface area contributed by atoms with Gasteiger partial charge < -0.3 is 9.32 Å². The topological polar surface area (TPSA) is 16.4 Å². The Labute approximate surface area is 320 Å². The fraction of sp³-hybridized carbons (Fsp3) is 0.0566. The summed E-state index contributed by atoms with van der Waals surface area (Å²) in [5, 5.41) is 6.96. The summed E-state index contributed by atoms with van der Waals surface area (Å²) >= 11 is 0. The van der Waals surface area contributed by atoms with E-state index < -0.39 is 0 Å². The van der Waals surface area contributed by atoms with E-state index in [-0.39, 0.29) is 5.41 Å². The van der Waals surface area contributed by atoms with Crippen molar-refractivity contribution in [2.24, 2.45) is 0 Å². The number of furan rings is 1. The minimum Gasteiger partial charge on any atom is -0.455 e. The molecule has 1 aliphatic rings. The minimum atomic E-state index is -0.133. The van der Waals surface area contributed by atoms with Crippen molar-refractivity contribution in [1.29, 1.82) is 0 Å². The summed E-state index contributed by atoms with van der Waals surface area (Å²) in [5.41, 5.74) is 14.9. The van der Waals surface area contributed by atoms with Gasteiger partial charge in [0.05, 0.1) is 5.69 Å². The summed E-state index contributed by atoms with van der Waals surface area (Å²) in [6, 6.07) is 68.4. The van der Waals surface area contributed by atoms with Crippen molar-refractivity contribution in [1.82, 2.24) is 0 Å². The molecule has 0 unspecified atom stereocenters. The molecule has 1 heterocycles. The lowest BCUT2D eigenvalue weighted by molar-refractivity contribution is 0.660. The molecular weight excluding hydrogens is 667 g/mol. The molecule has 0 bridgehead atoms. The zero-order valence-corrected chi connectivity index (χ0v) is 30.8. The number of hydrogen-bond donors (Lipinski definition) is 0. The van der Waals surface area contributed by atoms with Crippen molar-refractivity contribution in [2.45, 2.75) is 19.3 Å². The molecule has 260 valence electrons. The van der Waals surface area contributed by atoms with E-state index in [1.165, 1.54) is 49.5 Å². The third kappa shape index (κ3) is 4.95. The number of nitrogens with zero attached hydrogens (tertiary/aromatic N) is 1. The second kappa shape index (κ2) is 12.1. The lowest BCUT2D eigenvalue weighted by Crippen LogP contribution is -2.16. The van der Waals surface area contributed by atoms with Crippen LogP contribution in [0.15, 0.2) is 192 Å². The molecular formula is C53H37NO. The lowest BCUT2D eigenvalue weighted by Gasteiger charge is -2.29. The zero-order valence-electron chi connectivity index (χ0n) is 30.8. The first-order chi connectivity index (χ1) is 27.0. The van der Waals surface area contributed by atoms with Crippen LogP contribution in [0.4, 0.5) is 17.1 Å². The van der Waals surface area contributed by atoms with Crippen molar-refractivity contribution in [2.75, 3.05) is 4.90 Å². The van der Waals surface area contributed by atoms with Crippen LogP contribution >= 0.6 is 0 Å². The molecule has 2 nitrogen and oxygen atoms in total. The maximum atomic E-state index is 6.98. The molecule has 1 aromatic heterocycles. The van der Waals surface area contributed by atoms with Crippen molar-refractivity contribution in [3.05, 3.63) is 199 Å². The van der Waals surface area contributed by atoms with Gasteiger partial charge >= 0.3 is 0 Å². The lowest BCUT2D eigenvalue weighted by atomic mass is 9.82. The van der Waals surface area contributed by atoms with E-state index >= 15 is 0 Å². The van der Waals surface area contributed by atoms with Crippen LogP contribution in [0.2, 0.25) is 0 Å². The standard InChI is InChI=1S/C53H37NO/c1-53(2)48-19-11-10-18-44(48)45-29-27-41(32-49(45)53)54(40-26-24-35-14-6-7-16-39(35)30-40)42-31-47(38-22-20-36(21-23-38)34-12-4-3-5-13-34)51-46-28-25-37-15-8-9-17-43(37)52(46)55-50(51)33-42/h3-33H,1-2H3. The minimum absolute atomic E-state index is 0.133. The van der Waals surface area contributed by atoms with Gasteiger partial charge in [-0.1, -0.05) is 159 Å². The molecule has 0 atom stereocenters. The normalized spacial score (nSPS) is 13.1. The van der Waals surface area contributed by atoms with Gasteiger partial charge in [0.1, 0.15) is 11.2 Å². The summed E-state index contributed by atoms with van der Waals surface area (Å²) < 4.78 is 6.98. The summed E-state index contributed by atoms with van der Waals surface area (Å²) in [6.07, 6.45) is 0. The van der Waals surface area contributed by atoms with Crippen molar-refractivity contribution in [3.8, 4) is 33.4 Å². The van der Waals surface area contributed by atoms with Gasteiger partial charge in [0.15, 0.2) is 0 Å². The first-order valence-electron chi connectivity index (χ1n) is 19.1. The summed E-state index contributed by atoms with van der Waals surface area (Å²) in [4.78, 5) is 2.42. The van der Waals surface area contributed by atoms with Crippen LogP contribution in [0.25, 0.3) is 76.9 Å². The fourth-order valence-corrected chi connectivity index (χ4v) is 9.04. The van der Waals surface area contributed by atoms with Gasteiger partial charge in [-0.25, -0.2) is 0 Å². The molecule has 55 heavy (non-hydrogen) atoms. The molecule has 0 aliphatic heterocycles.